The molecule has 30 heavy (non-hydrogen) atoms. The van der Waals surface area contributed by atoms with Gasteiger partial charge in [-0.2, -0.15) is 0 Å². The molecule has 1 N–H and O–H groups in total. The minimum absolute atomic E-state index is 0.0299. The molecular formula is C24H27NO5. The number of carboxylic acids is 1. The molecule has 0 saturated carbocycles. The molecule has 1 aliphatic rings. The highest BCUT2D eigenvalue weighted by Gasteiger charge is 2.40. The quantitative estimate of drug-likeness (QED) is 0.781. The number of carboxylic acid groups (broad SMARTS) is 1. The lowest BCUT2D eigenvalue weighted by atomic mass is 9.77. The van der Waals surface area contributed by atoms with Gasteiger partial charge < -0.3 is 14.4 Å². The van der Waals surface area contributed by atoms with E-state index < -0.39 is 11.9 Å². The van der Waals surface area contributed by atoms with Crippen LogP contribution < -0.4 is 5.43 Å². The molecule has 3 rings (SSSR count). The lowest BCUT2D eigenvalue weighted by Crippen LogP contribution is -2.38. The van der Waals surface area contributed by atoms with Crippen molar-refractivity contribution >= 4 is 22.7 Å². The second-order valence-corrected chi connectivity index (χ2v) is 7.87. The number of nitrogens with zero attached hydrogens (tertiary/aromatic N) is 1. The number of hydrogen-bond donors (Lipinski definition) is 1. The maximum atomic E-state index is 12.8. The van der Waals surface area contributed by atoms with Gasteiger partial charge in [-0.1, -0.05) is 19.1 Å². The van der Waals surface area contributed by atoms with Gasteiger partial charge in [-0.15, -0.1) is 0 Å². The van der Waals surface area contributed by atoms with Crippen molar-refractivity contribution in [1.82, 2.24) is 4.90 Å². The molecule has 0 spiro atoms. The molecule has 1 aromatic carbocycles. The number of fused-ring (bicyclic) bond motifs is 1. The van der Waals surface area contributed by atoms with Gasteiger partial charge in [0.05, 0.1) is 16.9 Å². The van der Waals surface area contributed by atoms with Crippen LogP contribution >= 0.6 is 0 Å². The number of aryl methyl sites for hydroxylation is 1. The van der Waals surface area contributed by atoms with Gasteiger partial charge in [0.1, 0.15) is 11.3 Å². The molecule has 0 radical (unpaired) electrons. The number of aliphatic carboxylic acids is 1. The van der Waals surface area contributed by atoms with E-state index in [1.54, 1.807) is 32.0 Å². The second-order valence-electron chi connectivity index (χ2n) is 7.87. The Balaban J connectivity index is 2.44. The minimum atomic E-state index is -1.09. The van der Waals surface area contributed by atoms with E-state index in [4.69, 9.17) is 4.42 Å². The first-order chi connectivity index (χ1) is 14.1. The molecule has 0 saturated heterocycles. The van der Waals surface area contributed by atoms with Crippen LogP contribution in [0.3, 0.4) is 0 Å². The topological polar surface area (TPSA) is 87.8 Å². The molecule has 0 bridgehead atoms. The average molecular weight is 409 g/mol. The largest absolute Gasteiger partial charge is 0.478 e. The summed E-state index contributed by atoms with van der Waals surface area (Å²) in [7, 11) is 0. The van der Waals surface area contributed by atoms with Crippen molar-refractivity contribution in [3.8, 4) is 0 Å². The smallest absolute Gasteiger partial charge is 0.334 e. The molecular weight excluding hydrogens is 382 g/mol. The van der Waals surface area contributed by atoms with E-state index in [1.165, 1.54) is 13.0 Å². The molecule has 0 unspecified atom stereocenters. The molecule has 6 nitrogen and oxygen atoms in total. The van der Waals surface area contributed by atoms with Gasteiger partial charge >= 0.3 is 5.97 Å². The highest BCUT2D eigenvalue weighted by molar-refractivity contribution is 6.02. The molecule has 0 aliphatic carbocycles. The van der Waals surface area contributed by atoms with E-state index in [1.807, 2.05) is 25.7 Å². The van der Waals surface area contributed by atoms with Crippen molar-refractivity contribution in [2.45, 2.75) is 59.9 Å². The van der Waals surface area contributed by atoms with Crippen molar-refractivity contribution < 1.29 is 19.1 Å². The number of para-hydroxylation sites is 1. The van der Waals surface area contributed by atoms with E-state index in [0.29, 0.717) is 33.6 Å². The molecule has 1 aromatic heterocycles. The van der Waals surface area contributed by atoms with Gasteiger partial charge in [-0.25, -0.2) is 4.79 Å². The van der Waals surface area contributed by atoms with Crippen molar-refractivity contribution in [1.29, 1.82) is 0 Å². The fourth-order valence-electron chi connectivity index (χ4n) is 4.51. The van der Waals surface area contributed by atoms with Crippen LogP contribution in [0.15, 0.2) is 56.0 Å². The Bertz CT molecular complexity index is 1130. The number of carbonyl (C=O) groups is 2. The summed E-state index contributed by atoms with van der Waals surface area (Å²) in [4.78, 5) is 39.7. The maximum absolute atomic E-state index is 12.8. The van der Waals surface area contributed by atoms with Gasteiger partial charge in [0.2, 0.25) is 0 Å². The van der Waals surface area contributed by atoms with E-state index in [0.717, 1.165) is 12.1 Å². The molecule has 0 amide bonds. The Labute approximate surface area is 175 Å². The summed E-state index contributed by atoms with van der Waals surface area (Å²) in [5.41, 5.74) is 2.50. The Morgan fingerprint density at radius 3 is 2.37 bits per heavy atom. The number of hydrogen-bond acceptors (Lipinski definition) is 5. The highest BCUT2D eigenvalue weighted by atomic mass is 16.4. The van der Waals surface area contributed by atoms with Crippen LogP contribution in [-0.4, -0.2) is 27.8 Å². The summed E-state index contributed by atoms with van der Waals surface area (Å²) < 4.78 is 5.89. The summed E-state index contributed by atoms with van der Waals surface area (Å²) in [6.45, 7) is 10.8. The Morgan fingerprint density at radius 2 is 1.80 bits per heavy atom. The van der Waals surface area contributed by atoms with Gasteiger partial charge in [0.25, 0.3) is 0 Å². The first-order valence-electron chi connectivity index (χ1n) is 10.1. The highest BCUT2D eigenvalue weighted by Crippen LogP contribution is 2.45. The van der Waals surface area contributed by atoms with E-state index in [-0.39, 0.29) is 22.8 Å². The van der Waals surface area contributed by atoms with Crippen molar-refractivity contribution in [2.75, 3.05) is 0 Å². The lowest BCUT2D eigenvalue weighted by Gasteiger charge is -2.40. The van der Waals surface area contributed by atoms with Crippen LogP contribution in [-0.2, 0) is 9.59 Å². The van der Waals surface area contributed by atoms with Crippen LogP contribution in [0.1, 0.15) is 58.3 Å². The molecule has 2 heterocycles. The zero-order valence-corrected chi connectivity index (χ0v) is 18.2. The zero-order valence-electron chi connectivity index (χ0n) is 18.2. The van der Waals surface area contributed by atoms with Crippen LogP contribution in [0.5, 0.6) is 0 Å². The Kier molecular flexibility index (Phi) is 5.70. The van der Waals surface area contributed by atoms with E-state index in [9.17, 15) is 19.5 Å². The number of benzene rings is 1. The van der Waals surface area contributed by atoms with Gasteiger partial charge in [-0.05, 0) is 47.1 Å². The van der Waals surface area contributed by atoms with Crippen LogP contribution in [0, 0.1) is 6.92 Å². The standard InChI is InChI=1S/C24H27NO5/c1-7-12(2)25-14(4)20(16(6)26)22(21(15(25)5)24(28)29)18-10-8-9-17-19(27)11-13(3)30-23(17)18/h8-12,22H,7H2,1-6H3,(H,28,29)/t12-,22+/m0/s1. The van der Waals surface area contributed by atoms with Crippen molar-refractivity contribution in [3.05, 3.63) is 68.4 Å². The Morgan fingerprint density at radius 1 is 1.17 bits per heavy atom. The van der Waals surface area contributed by atoms with E-state index in [2.05, 4.69) is 0 Å². The molecule has 2 atom stereocenters. The summed E-state index contributed by atoms with van der Waals surface area (Å²) >= 11 is 0. The van der Waals surface area contributed by atoms with Gasteiger partial charge in [-0.3, -0.25) is 9.59 Å². The van der Waals surface area contributed by atoms with E-state index >= 15 is 0 Å². The van der Waals surface area contributed by atoms with Crippen molar-refractivity contribution in [3.63, 3.8) is 0 Å². The summed E-state index contributed by atoms with van der Waals surface area (Å²) in [5, 5.41) is 10.5. The number of ketones is 1. The first kappa shape index (κ1) is 21.6. The SMILES string of the molecule is CC[C@H](C)N1C(C)=C(C(C)=O)[C@@H](c2cccc3c(=O)cc(C)oc23)C(C(=O)O)=C1C. The first-order valence-corrected chi connectivity index (χ1v) is 10.1. The fraction of sp³-hybridized carbons (Fsp3) is 0.375. The lowest BCUT2D eigenvalue weighted by molar-refractivity contribution is -0.133. The zero-order chi connectivity index (χ0) is 22.3. The maximum Gasteiger partial charge on any atom is 0.334 e. The van der Waals surface area contributed by atoms with Gasteiger partial charge in [0.15, 0.2) is 11.2 Å². The summed E-state index contributed by atoms with van der Waals surface area (Å²) in [6, 6.07) is 6.53. The minimum Gasteiger partial charge on any atom is -0.478 e. The fourth-order valence-corrected chi connectivity index (χ4v) is 4.51. The number of carbonyl (C=O) groups excluding carboxylic acids is 1. The average Bonchev–Trinajstić information content (AvgIpc) is 2.66. The molecule has 158 valence electrons. The molecule has 1 aliphatic heterocycles. The normalized spacial score (nSPS) is 18.2. The summed E-state index contributed by atoms with van der Waals surface area (Å²) in [6.07, 6.45) is 0.791. The van der Waals surface area contributed by atoms with Crippen molar-refractivity contribution in [2.24, 2.45) is 0 Å². The number of allylic oxidation sites excluding steroid dienone is 3. The third-order valence-electron chi connectivity index (χ3n) is 5.94. The van der Waals surface area contributed by atoms with Crippen LogP contribution in [0.4, 0.5) is 0 Å². The monoisotopic (exact) mass is 409 g/mol. The third kappa shape index (κ3) is 3.36. The second kappa shape index (κ2) is 7.94. The van der Waals surface area contributed by atoms with Crippen LogP contribution in [0.25, 0.3) is 11.0 Å². The molecule has 6 heteroatoms. The predicted molar refractivity (Wildman–Crippen MR) is 115 cm³/mol. The number of Topliss-reactive ketones (excluding diaryl/α,β-unsaturated/α-hetero) is 1. The predicted octanol–water partition coefficient (Wildman–Crippen LogP) is 4.52. The Hall–Kier alpha value is -3.15. The molecule has 0 fully saturated rings. The molecule has 2 aromatic rings. The van der Waals surface area contributed by atoms with Crippen LogP contribution in [0.2, 0.25) is 0 Å². The summed E-state index contributed by atoms with van der Waals surface area (Å²) in [5.74, 6) is -1.69. The third-order valence-corrected chi connectivity index (χ3v) is 5.94. The van der Waals surface area contributed by atoms with Gasteiger partial charge in [0, 0.05) is 34.6 Å². The number of rotatable bonds is 5.